The second-order valence-electron chi connectivity index (χ2n) is 10.1. The fraction of sp³-hybridized carbons (Fsp3) is 0.414. The highest BCUT2D eigenvalue weighted by Gasteiger charge is 2.46. The van der Waals surface area contributed by atoms with E-state index in [2.05, 4.69) is 0 Å². The van der Waals surface area contributed by atoms with Crippen LogP contribution in [-0.2, 0) is 14.3 Å². The summed E-state index contributed by atoms with van der Waals surface area (Å²) in [4.78, 5) is 32.0. The topological polar surface area (TPSA) is 83.4 Å². The zero-order valence-corrected chi connectivity index (χ0v) is 22.1. The van der Waals surface area contributed by atoms with Gasteiger partial charge in [0.15, 0.2) is 17.3 Å². The first kappa shape index (κ1) is 25.3. The van der Waals surface area contributed by atoms with Crippen molar-refractivity contribution in [2.24, 2.45) is 16.8 Å². The van der Waals surface area contributed by atoms with Gasteiger partial charge in [0.05, 0.1) is 13.7 Å². The van der Waals surface area contributed by atoms with Gasteiger partial charge < -0.3 is 18.9 Å². The normalized spacial score (nSPS) is 22.6. The van der Waals surface area contributed by atoms with E-state index in [0.717, 1.165) is 11.3 Å². The molecule has 0 spiro atoms. The van der Waals surface area contributed by atoms with Crippen LogP contribution in [0.3, 0.4) is 0 Å². The van der Waals surface area contributed by atoms with Gasteiger partial charge in [-0.05, 0) is 54.5 Å². The van der Waals surface area contributed by atoms with Crippen molar-refractivity contribution < 1.29 is 28.5 Å². The van der Waals surface area contributed by atoms with Gasteiger partial charge in [0, 0.05) is 40.4 Å². The first-order valence-corrected chi connectivity index (χ1v) is 12.9. The summed E-state index contributed by atoms with van der Waals surface area (Å²) in [6.45, 7) is 6.15. The summed E-state index contributed by atoms with van der Waals surface area (Å²) >= 11 is 6.75. The monoisotopic (exact) mass is 523 g/mol. The number of ketones is 1. The number of Topliss-reactive ketones (excluding diaryl/α,β-unsaturated/α-hetero) is 1. The highest BCUT2D eigenvalue weighted by atomic mass is 35.5. The Morgan fingerprint density at radius 1 is 1.14 bits per heavy atom. The Hall–Kier alpha value is -3.32. The maximum Gasteiger partial charge on any atom is 0.315 e. The molecular weight excluding hydrogens is 494 g/mol. The van der Waals surface area contributed by atoms with Gasteiger partial charge in [-0.1, -0.05) is 37.6 Å². The van der Waals surface area contributed by atoms with Gasteiger partial charge in [0.2, 0.25) is 6.79 Å². The van der Waals surface area contributed by atoms with Crippen molar-refractivity contribution in [3.05, 3.63) is 63.8 Å². The molecule has 0 saturated carbocycles. The molecule has 194 valence electrons. The van der Waals surface area contributed by atoms with Crippen molar-refractivity contribution in [2.45, 2.75) is 45.4 Å². The molecule has 3 atom stereocenters. The molecule has 1 unspecified atom stereocenters. The van der Waals surface area contributed by atoms with Gasteiger partial charge >= 0.3 is 5.97 Å². The molecule has 0 N–H and O–H groups in total. The van der Waals surface area contributed by atoms with Crippen molar-refractivity contribution in [1.29, 1.82) is 0 Å². The number of methoxy groups -OCH3 is 1. The third-order valence-electron chi connectivity index (χ3n) is 7.12. The van der Waals surface area contributed by atoms with Crippen molar-refractivity contribution in [1.82, 2.24) is 0 Å². The Morgan fingerprint density at radius 2 is 1.84 bits per heavy atom. The molecule has 0 fully saturated rings. The number of allylic oxidation sites excluding steroid dienone is 2. The van der Waals surface area contributed by atoms with Crippen LogP contribution in [0.25, 0.3) is 0 Å². The van der Waals surface area contributed by atoms with Crippen molar-refractivity contribution in [2.75, 3.05) is 20.5 Å². The molecule has 2 aromatic carbocycles. The lowest BCUT2D eigenvalue weighted by atomic mass is 9.69. The van der Waals surface area contributed by atoms with Crippen molar-refractivity contribution >= 4 is 29.1 Å². The zero-order chi connectivity index (χ0) is 26.3. The van der Waals surface area contributed by atoms with E-state index in [4.69, 9.17) is 35.5 Å². The smallest absolute Gasteiger partial charge is 0.315 e. The minimum absolute atomic E-state index is 0.0222. The molecule has 2 aromatic rings. The van der Waals surface area contributed by atoms with Gasteiger partial charge in [0.25, 0.3) is 0 Å². The molecule has 7 nitrogen and oxygen atoms in total. The number of nitrogens with zero attached hydrogens (tertiary/aromatic N) is 1. The lowest BCUT2D eigenvalue weighted by molar-refractivity contribution is -0.147. The number of fused-ring (bicyclic) bond motifs is 1. The summed E-state index contributed by atoms with van der Waals surface area (Å²) in [5.74, 6) is 0.143. The van der Waals surface area contributed by atoms with Crippen LogP contribution in [0.15, 0.2) is 52.7 Å². The van der Waals surface area contributed by atoms with E-state index < -0.39 is 17.8 Å². The maximum atomic E-state index is 13.8. The van der Waals surface area contributed by atoms with Crippen LogP contribution in [0, 0.1) is 11.8 Å². The standard InChI is InChI=1S/C29H30ClNO6/c1-15(2)13-35-29(33)26-16(3)31-22-9-18(17-5-7-19(34-4)8-6-17)10-23(32)28(22)27(26)20-11-24-25(12-21(20)30)37-14-36-24/h5-8,11-12,15,18,26-27H,9-10,13-14H2,1-4H3/t18-,26?,27+/m1/s1. The minimum Gasteiger partial charge on any atom is -0.497 e. The summed E-state index contributed by atoms with van der Waals surface area (Å²) in [5.41, 5.74) is 3.51. The zero-order valence-electron chi connectivity index (χ0n) is 21.4. The van der Waals surface area contributed by atoms with E-state index in [9.17, 15) is 9.59 Å². The Bertz CT molecular complexity index is 1300. The predicted molar refractivity (Wildman–Crippen MR) is 140 cm³/mol. The summed E-state index contributed by atoms with van der Waals surface area (Å²) in [5, 5.41) is 0.405. The van der Waals surface area contributed by atoms with E-state index in [1.165, 1.54) is 0 Å². The van der Waals surface area contributed by atoms with Crippen LogP contribution in [-0.4, -0.2) is 38.0 Å². The molecule has 37 heavy (non-hydrogen) atoms. The molecule has 5 rings (SSSR count). The van der Waals surface area contributed by atoms with Crippen LogP contribution in [0.2, 0.25) is 5.02 Å². The van der Waals surface area contributed by atoms with E-state index in [-0.39, 0.29) is 31.0 Å². The second-order valence-corrected chi connectivity index (χ2v) is 10.5. The number of esters is 1. The first-order valence-electron chi connectivity index (χ1n) is 12.5. The Balaban J connectivity index is 1.58. The van der Waals surface area contributed by atoms with Crippen LogP contribution in [0.1, 0.15) is 56.6 Å². The largest absolute Gasteiger partial charge is 0.497 e. The molecule has 0 bridgehead atoms. The van der Waals surface area contributed by atoms with E-state index >= 15 is 0 Å². The van der Waals surface area contributed by atoms with Crippen LogP contribution < -0.4 is 14.2 Å². The van der Waals surface area contributed by atoms with Gasteiger partial charge in [-0.3, -0.25) is 14.6 Å². The second kappa shape index (κ2) is 10.2. The fourth-order valence-corrected chi connectivity index (χ4v) is 5.59. The SMILES string of the molecule is COc1ccc([C@H]2CC(=O)C3=C(C2)N=C(C)C(C(=O)OCC(C)C)[C@@H]3c2cc3c(cc2Cl)OCO3)cc1. The lowest BCUT2D eigenvalue weighted by Crippen LogP contribution is -2.38. The van der Waals surface area contributed by atoms with Gasteiger partial charge in [-0.2, -0.15) is 0 Å². The number of carbonyl (C=O) groups is 2. The quantitative estimate of drug-likeness (QED) is 0.441. The van der Waals surface area contributed by atoms with Gasteiger partial charge in [-0.15, -0.1) is 0 Å². The highest BCUT2D eigenvalue weighted by molar-refractivity contribution is 6.32. The molecule has 0 radical (unpaired) electrons. The average molecular weight is 524 g/mol. The van der Waals surface area contributed by atoms with Crippen molar-refractivity contribution in [3.63, 3.8) is 0 Å². The minimum atomic E-state index is -0.767. The summed E-state index contributed by atoms with van der Waals surface area (Å²) in [7, 11) is 1.62. The lowest BCUT2D eigenvalue weighted by Gasteiger charge is -2.37. The van der Waals surface area contributed by atoms with Crippen LogP contribution >= 0.6 is 11.6 Å². The van der Waals surface area contributed by atoms with Gasteiger partial charge in [-0.25, -0.2) is 0 Å². The molecular formula is C29H30ClNO6. The van der Waals surface area contributed by atoms with E-state index in [0.29, 0.717) is 51.9 Å². The third kappa shape index (κ3) is 4.85. The molecule has 1 aliphatic carbocycles. The molecule has 8 heteroatoms. The maximum absolute atomic E-state index is 13.8. The van der Waals surface area contributed by atoms with Crippen LogP contribution in [0.5, 0.6) is 17.2 Å². The van der Waals surface area contributed by atoms with Crippen molar-refractivity contribution in [3.8, 4) is 17.2 Å². The number of aliphatic imine (C=N–C) groups is 1. The van der Waals surface area contributed by atoms with E-state index in [1.807, 2.05) is 45.0 Å². The molecule has 0 aromatic heterocycles. The average Bonchev–Trinajstić information content (AvgIpc) is 3.33. The number of carbonyl (C=O) groups excluding carboxylic acids is 2. The van der Waals surface area contributed by atoms with Gasteiger partial charge in [0.1, 0.15) is 11.7 Å². The fourth-order valence-electron chi connectivity index (χ4n) is 5.32. The summed E-state index contributed by atoms with van der Waals surface area (Å²) in [6.07, 6.45) is 0.892. The molecule has 2 heterocycles. The number of halogens is 1. The predicted octanol–water partition coefficient (Wildman–Crippen LogP) is 5.85. The Kier molecular flexibility index (Phi) is 6.99. The molecule has 0 amide bonds. The number of rotatable bonds is 6. The van der Waals surface area contributed by atoms with E-state index in [1.54, 1.807) is 19.2 Å². The molecule has 0 saturated heterocycles. The Morgan fingerprint density at radius 3 is 2.51 bits per heavy atom. The number of ether oxygens (including phenoxy) is 4. The highest BCUT2D eigenvalue weighted by Crippen LogP contribution is 2.50. The number of benzene rings is 2. The first-order chi connectivity index (χ1) is 17.8. The third-order valence-corrected chi connectivity index (χ3v) is 7.44. The summed E-state index contributed by atoms with van der Waals surface area (Å²) < 4.78 is 22.0. The molecule has 3 aliphatic rings. The Labute approximate surface area is 221 Å². The number of hydrogen-bond donors (Lipinski definition) is 0. The summed E-state index contributed by atoms with van der Waals surface area (Å²) in [6, 6.07) is 11.2. The number of hydrogen-bond acceptors (Lipinski definition) is 7. The van der Waals surface area contributed by atoms with Crippen LogP contribution in [0.4, 0.5) is 0 Å². The molecule has 2 aliphatic heterocycles.